The lowest BCUT2D eigenvalue weighted by Gasteiger charge is -2.03. The SMILES string of the molecule is CNC(=O)Nc1ccc(C=O)cc1. The standard InChI is InChI=1S/C9H10N2O2/c1-10-9(13)11-8-4-2-7(6-12)3-5-8/h2-6H,1H3,(H2,10,11,13). The summed E-state index contributed by atoms with van der Waals surface area (Å²) in [6.07, 6.45) is 0.754. The Morgan fingerprint density at radius 1 is 1.31 bits per heavy atom. The van der Waals surface area contributed by atoms with E-state index in [0.29, 0.717) is 11.3 Å². The molecule has 0 heterocycles. The van der Waals surface area contributed by atoms with E-state index in [0.717, 1.165) is 6.29 Å². The molecule has 13 heavy (non-hydrogen) atoms. The van der Waals surface area contributed by atoms with Gasteiger partial charge in [-0.05, 0) is 24.3 Å². The fourth-order valence-corrected chi connectivity index (χ4v) is 0.839. The van der Waals surface area contributed by atoms with Crippen LogP contribution in [0.4, 0.5) is 10.5 Å². The van der Waals surface area contributed by atoms with Crippen LogP contribution in [0.25, 0.3) is 0 Å². The number of anilines is 1. The fraction of sp³-hybridized carbons (Fsp3) is 0.111. The Morgan fingerprint density at radius 3 is 2.38 bits per heavy atom. The number of benzene rings is 1. The minimum absolute atomic E-state index is 0.279. The average Bonchev–Trinajstić information content (AvgIpc) is 2.19. The maximum absolute atomic E-state index is 10.8. The van der Waals surface area contributed by atoms with Crippen LogP contribution in [0.2, 0.25) is 0 Å². The number of amides is 2. The number of urea groups is 1. The number of aldehydes is 1. The lowest BCUT2D eigenvalue weighted by atomic mass is 10.2. The number of hydrogen-bond acceptors (Lipinski definition) is 2. The minimum atomic E-state index is -0.279. The zero-order valence-corrected chi connectivity index (χ0v) is 7.20. The summed E-state index contributed by atoms with van der Waals surface area (Å²) < 4.78 is 0. The van der Waals surface area contributed by atoms with Crippen LogP contribution < -0.4 is 10.6 Å². The molecular weight excluding hydrogens is 168 g/mol. The predicted octanol–water partition coefficient (Wildman–Crippen LogP) is 1.25. The molecule has 0 radical (unpaired) electrons. The van der Waals surface area contributed by atoms with Crippen LogP contribution in [0.15, 0.2) is 24.3 Å². The maximum atomic E-state index is 10.8. The average molecular weight is 178 g/mol. The van der Waals surface area contributed by atoms with Crippen molar-refractivity contribution < 1.29 is 9.59 Å². The van der Waals surface area contributed by atoms with Crippen LogP contribution in [-0.2, 0) is 0 Å². The first-order chi connectivity index (χ1) is 6.26. The molecule has 2 amide bonds. The van der Waals surface area contributed by atoms with Gasteiger partial charge < -0.3 is 10.6 Å². The molecule has 0 fully saturated rings. The molecule has 68 valence electrons. The molecule has 0 saturated heterocycles. The summed E-state index contributed by atoms with van der Waals surface area (Å²) in [4.78, 5) is 21.1. The van der Waals surface area contributed by atoms with Crippen molar-refractivity contribution >= 4 is 18.0 Å². The third kappa shape index (κ3) is 2.59. The van der Waals surface area contributed by atoms with E-state index in [1.807, 2.05) is 0 Å². The van der Waals surface area contributed by atoms with Crippen molar-refractivity contribution in [2.75, 3.05) is 12.4 Å². The van der Waals surface area contributed by atoms with E-state index in [4.69, 9.17) is 0 Å². The molecule has 1 rings (SSSR count). The fourth-order valence-electron chi connectivity index (χ4n) is 0.839. The summed E-state index contributed by atoms with van der Waals surface area (Å²) in [7, 11) is 1.54. The van der Waals surface area contributed by atoms with Gasteiger partial charge in [0.1, 0.15) is 6.29 Å². The third-order valence-corrected chi connectivity index (χ3v) is 1.53. The number of nitrogens with one attached hydrogen (secondary N) is 2. The third-order valence-electron chi connectivity index (χ3n) is 1.53. The molecule has 0 spiro atoms. The highest BCUT2D eigenvalue weighted by Gasteiger charge is 1.97. The van der Waals surface area contributed by atoms with Crippen LogP contribution in [0.1, 0.15) is 10.4 Å². The summed E-state index contributed by atoms with van der Waals surface area (Å²) in [6.45, 7) is 0. The van der Waals surface area contributed by atoms with E-state index in [2.05, 4.69) is 10.6 Å². The van der Waals surface area contributed by atoms with Gasteiger partial charge in [0.25, 0.3) is 0 Å². The Bertz CT molecular complexity index is 306. The first kappa shape index (κ1) is 9.25. The van der Waals surface area contributed by atoms with Crippen LogP contribution in [0, 0.1) is 0 Å². The van der Waals surface area contributed by atoms with Crippen molar-refractivity contribution in [2.24, 2.45) is 0 Å². The molecule has 1 aromatic rings. The van der Waals surface area contributed by atoms with Gasteiger partial charge in [-0.3, -0.25) is 4.79 Å². The molecule has 1 aromatic carbocycles. The van der Waals surface area contributed by atoms with Gasteiger partial charge in [0.05, 0.1) is 0 Å². The first-order valence-electron chi connectivity index (χ1n) is 3.80. The normalized spacial score (nSPS) is 9.00. The van der Waals surface area contributed by atoms with Crippen molar-refractivity contribution in [3.05, 3.63) is 29.8 Å². The molecule has 0 aliphatic carbocycles. The number of carbonyl (C=O) groups is 2. The second-order valence-electron chi connectivity index (χ2n) is 2.44. The van der Waals surface area contributed by atoms with Gasteiger partial charge in [-0.1, -0.05) is 0 Å². The summed E-state index contributed by atoms with van der Waals surface area (Å²) in [5.74, 6) is 0. The van der Waals surface area contributed by atoms with Crippen LogP contribution >= 0.6 is 0 Å². The molecule has 0 aromatic heterocycles. The van der Waals surface area contributed by atoms with Gasteiger partial charge in [-0.2, -0.15) is 0 Å². The molecule has 4 heteroatoms. The van der Waals surface area contributed by atoms with E-state index in [1.54, 1.807) is 24.3 Å². The molecule has 4 nitrogen and oxygen atoms in total. The monoisotopic (exact) mass is 178 g/mol. The van der Waals surface area contributed by atoms with E-state index in [1.165, 1.54) is 7.05 Å². The molecule has 0 atom stereocenters. The highest BCUT2D eigenvalue weighted by atomic mass is 16.2. The zero-order valence-electron chi connectivity index (χ0n) is 7.20. The highest BCUT2D eigenvalue weighted by Crippen LogP contribution is 2.07. The topological polar surface area (TPSA) is 58.2 Å². The Labute approximate surface area is 75.9 Å². The van der Waals surface area contributed by atoms with Crippen molar-refractivity contribution in [3.8, 4) is 0 Å². The van der Waals surface area contributed by atoms with Gasteiger partial charge in [-0.15, -0.1) is 0 Å². The molecule has 0 bridgehead atoms. The largest absolute Gasteiger partial charge is 0.341 e. The second-order valence-corrected chi connectivity index (χ2v) is 2.44. The van der Waals surface area contributed by atoms with E-state index < -0.39 is 0 Å². The Balaban J connectivity index is 2.69. The minimum Gasteiger partial charge on any atom is -0.341 e. The number of hydrogen-bond donors (Lipinski definition) is 2. The number of carbonyl (C=O) groups excluding carboxylic acids is 2. The van der Waals surface area contributed by atoms with Crippen molar-refractivity contribution in [1.29, 1.82) is 0 Å². The van der Waals surface area contributed by atoms with Gasteiger partial charge in [0.15, 0.2) is 0 Å². The summed E-state index contributed by atoms with van der Waals surface area (Å²) in [5.41, 5.74) is 1.24. The molecule has 0 aliphatic rings. The lowest BCUT2D eigenvalue weighted by Crippen LogP contribution is -2.24. The van der Waals surface area contributed by atoms with Gasteiger partial charge in [0.2, 0.25) is 0 Å². The lowest BCUT2D eigenvalue weighted by molar-refractivity contribution is 0.112. The van der Waals surface area contributed by atoms with Gasteiger partial charge in [-0.25, -0.2) is 4.79 Å². The zero-order chi connectivity index (χ0) is 9.68. The van der Waals surface area contributed by atoms with Crippen LogP contribution in [0.5, 0.6) is 0 Å². The van der Waals surface area contributed by atoms with Gasteiger partial charge in [0, 0.05) is 18.3 Å². The molecule has 0 aliphatic heterocycles. The van der Waals surface area contributed by atoms with E-state index in [-0.39, 0.29) is 6.03 Å². The smallest absolute Gasteiger partial charge is 0.318 e. The maximum Gasteiger partial charge on any atom is 0.318 e. The predicted molar refractivity (Wildman–Crippen MR) is 49.9 cm³/mol. The summed E-state index contributed by atoms with van der Waals surface area (Å²) in [5, 5.41) is 5.00. The molecular formula is C9H10N2O2. The molecule has 0 unspecified atom stereocenters. The van der Waals surface area contributed by atoms with Crippen molar-refractivity contribution in [2.45, 2.75) is 0 Å². The molecule has 0 saturated carbocycles. The van der Waals surface area contributed by atoms with E-state index in [9.17, 15) is 9.59 Å². The van der Waals surface area contributed by atoms with Crippen molar-refractivity contribution in [1.82, 2.24) is 5.32 Å². The van der Waals surface area contributed by atoms with E-state index >= 15 is 0 Å². The summed E-state index contributed by atoms with van der Waals surface area (Å²) >= 11 is 0. The number of rotatable bonds is 2. The Hall–Kier alpha value is -1.84. The first-order valence-corrected chi connectivity index (χ1v) is 3.80. The van der Waals surface area contributed by atoms with Crippen molar-refractivity contribution in [3.63, 3.8) is 0 Å². The summed E-state index contributed by atoms with van der Waals surface area (Å²) in [6, 6.07) is 6.33. The Kier molecular flexibility index (Phi) is 3.03. The molecule has 2 N–H and O–H groups in total. The van der Waals surface area contributed by atoms with Gasteiger partial charge >= 0.3 is 6.03 Å². The van der Waals surface area contributed by atoms with Crippen LogP contribution in [-0.4, -0.2) is 19.4 Å². The van der Waals surface area contributed by atoms with Crippen LogP contribution in [0.3, 0.4) is 0 Å². The second kappa shape index (κ2) is 4.25. The highest BCUT2D eigenvalue weighted by molar-refractivity contribution is 5.89. The Morgan fingerprint density at radius 2 is 1.92 bits per heavy atom. The quantitative estimate of drug-likeness (QED) is 0.669.